The summed E-state index contributed by atoms with van der Waals surface area (Å²) in [4.78, 5) is 16.8. The molecule has 1 aromatic heterocycles. The van der Waals surface area contributed by atoms with E-state index < -0.39 is 36.2 Å². The number of pyridine rings is 1. The fourth-order valence-corrected chi connectivity index (χ4v) is 3.45. The molecule has 2 aromatic carbocycles. The molecule has 0 saturated carbocycles. The second-order valence-corrected chi connectivity index (χ2v) is 7.25. The summed E-state index contributed by atoms with van der Waals surface area (Å²) >= 11 is 0. The van der Waals surface area contributed by atoms with Gasteiger partial charge in [0.2, 0.25) is 5.75 Å². The fourth-order valence-electron chi connectivity index (χ4n) is 3.45. The van der Waals surface area contributed by atoms with Gasteiger partial charge in [0.15, 0.2) is 11.5 Å². The van der Waals surface area contributed by atoms with Crippen molar-refractivity contribution in [3.63, 3.8) is 0 Å². The number of hydrogen-bond acceptors (Lipinski definition) is 5. The molecule has 0 saturated heterocycles. The Kier molecular flexibility index (Phi) is 8.00. The van der Waals surface area contributed by atoms with Crippen LogP contribution in [0.4, 0.5) is 28.0 Å². The zero-order chi connectivity index (χ0) is 25.6. The van der Waals surface area contributed by atoms with Crippen molar-refractivity contribution in [1.82, 2.24) is 10.3 Å². The van der Waals surface area contributed by atoms with E-state index in [9.17, 15) is 22.4 Å². The molecule has 2 amide bonds. The second kappa shape index (κ2) is 10.9. The summed E-state index contributed by atoms with van der Waals surface area (Å²) < 4.78 is 69.8. The highest BCUT2D eigenvalue weighted by Gasteiger charge is 2.37. The second-order valence-electron chi connectivity index (χ2n) is 7.25. The van der Waals surface area contributed by atoms with E-state index >= 15 is 0 Å². The Morgan fingerprint density at radius 3 is 2.14 bits per heavy atom. The molecule has 3 aromatic rings. The molecular weight excluding hydrogens is 470 g/mol. The van der Waals surface area contributed by atoms with E-state index in [1.54, 1.807) is 0 Å². The number of nitrogens with one attached hydrogen (secondary N) is 2. The van der Waals surface area contributed by atoms with Gasteiger partial charge in [-0.05, 0) is 23.3 Å². The lowest BCUT2D eigenvalue weighted by Crippen LogP contribution is -2.35. The van der Waals surface area contributed by atoms with Crippen molar-refractivity contribution in [2.45, 2.75) is 18.9 Å². The van der Waals surface area contributed by atoms with E-state index in [0.717, 1.165) is 12.1 Å². The average molecular weight is 493 g/mol. The molecule has 0 spiro atoms. The number of carbonyl (C=O) groups is 1. The van der Waals surface area contributed by atoms with Gasteiger partial charge in [-0.2, -0.15) is 13.2 Å². The zero-order valence-corrected chi connectivity index (χ0v) is 19.1. The maximum Gasteiger partial charge on any atom is 0.418 e. The van der Waals surface area contributed by atoms with E-state index in [1.807, 2.05) is 0 Å². The Balaban J connectivity index is 1.98. The van der Waals surface area contributed by atoms with Gasteiger partial charge < -0.3 is 24.8 Å². The van der Waals surface area contributed by atoms with Crippen LogP contribution in [0.15, 0.2) is 54.7 Å². The minimum atomic E-state index is -4.71. The van der Waals surface area contributed by atoms with Crippen LogP contribution in [0.2, 0.25) is 0 Å². The van der Waals surface area contributed by atoms with Crippen LogP contribution < -0.4 is 24.8 Å². The molecule has 1 atom stereocenters. The molecule has 11 heteroatoms. The number of alkyl halides is 4. The maximum absolute atomic E-state index is 13.7. The molecule has 2 N–H and O–H groups in total. The molecule has 1 heterocycles. The number of halogens is 4. The van der Waals surface area contributed by atoms with Gasteiger partial charge in [0.25, 0.3) is 0 Å². The van der Waals surface area contributed by atoms with E-state index in [1.165, 1.54) is 63.9 Å². The normalized spacial score (nSPS) is 12.0. The Morgan fingerprint density at radius 2 is 1.63 bits per heavy atom. The molecule has 0 radical (unpaired) electrons. The van der Waals surface area contributed by atoms with Crippen LogP contribution in [0, 0.1) is 0 Å². The third-order valence-electron chi connectivity index (χ3n) is 5.08. The summed E-state index contributed by atoms with van der Waals surface area (Å²) in [6.07, 6.45) is -3.51. The van der Waals surface area contributed by atoms with Crippen molar-refractivity contribution in [1.29, 1.82) is 0 Å². The van der Waals surface area contributed by atoms with Gasteiger partial charge in [-0.1, -0.05) is 24.3 Å². The van der Waals surface area contributed by atoms with Gasteiger partial charge in [-0.3, -0.25) is 4.98 Å². The van der Waals surface area contributed by atoms with Crippen LogP contribution in [0.3, 0.4) is 0 Å². The van der Waals surface area contributed by atoms with Gasteiger partial charge >= 0.3 is 12.2 Å². The summed E-state index contributed by atoms with van der Waals surface area (Å²) in [6.45, 7) is -0.739. The highest BCUT2D eigenvalue weighted by molar-refractivity contribution is 5.90. The highest BCUT2D eigenvalue weighted by Crippen LogP contribution is 2.40. The Labute approximate surface area is 199 Å². The minimum absolute atomic E-state index is 0.237. The molecule has 0 aliphatic carbocycles. The zero-order valence-electron chi connectivity index (χ0n) is 19.1. The molecule has 0 bridgehead atoms. The van der Waals surface area contributed by atoms with Crippen molar-refractivity contribution in [2.75, 3.05) is 26.6 Å². The van der Waals surface area contributed by atoms with Crippen LogP contribution in [-0.4, -0.2) is 32.3 Å². The van der Waals surface area contributed by atoms with Crippen LogP contribution in [0.25, 0.3) is 0 Å². The topological polar surface area (TPSA) is 81.7 Å². The molecule has 186 valence electrons. The fraction of sp³-hybridized carbons (Fsp3) is 0.250. The van der Waals surface area contributed by atoms with Crippen LogP contribution in [0.1, 0.15) is 28.4 Å². The SMILES string of the molecule is COc1cc(NC(=O)N[C@@H](c2ccc(CF)cc2)c2ncccc2C(F)(F)F)cc(OC)c1OC. The van der Waals surface area contributed by atoms with Gasteiger partial charge in [-0.25, -0.2) is 9.18 Å². The summed E-state index contributed by atoms with van der Waals surface area (Å²) in [6, 6.07) is 8.59. The average Bonchev–Trinajstić information content (AvgIpc) is 2.86. The number of aromatic nitrogens is 1. The summed E-state index contributed by atoms with van der Waals surface area (Å²) in [5.74, 6) is 0.837. The summed E-state index contributed by atoms with van der Waals surface area (Å²) in [5.41, 5.74) is -0.556. The molecule has 0 aliphatic rings. The maximum atomic E-state index is 13.7. The Morgan fingerprint density at radius 1 is 1.00 bits per heavy atom. The monoisotopic (exact) mass is 493 g/mol. The number of urea groups is 1. The number of carbonyl (C=O) groups excluding carboxylic acids is 1. The number of amides is 2. The largest absolute Gasteiger partial charge is 0.493 e. The summed E-state index contributed by atoms with van der Waals surface area (Å²) in [5, 5.41) is 5.09. The Bertz CT molecular complexity index is 1150. The third-order valence-corrected chi connectivity index (χ3v) is 5.08. The van der Waals surface area contributed by atoms with Crippen molar-refractivity contribution < 1.29 is 36.6 Å². The number of methoxy groups -OCH3 is 3. The van der Waals surface area contributed by atoms with Crippen molar-refractivity contribution in [3.05, 3.63) is 77.1 Å². The molecule has 0 fully saturated rings. The predicted octanol–water partition coefficient (Wildman–Crippen LogP) is 5.51. The quantitative estimate of drug-likeness (QED) is 0.405. The molecule has 0 unspecified atom stereocenters. The van der Waals surface area contributed by atoms with E-state index in [4.69, 9.17) is 14.2 Å². The molecule has 35 heavy (non-hydrogen) atoms. The van der Waals surface area contributed by atoms with Crippen molar-refractivity contribution in [3.8, 4) is 17.2 Å². The number of hydrogen-bond donors (Lipinski definition) is 2. The molecule has 7 nitrogen and oxygen atoms in total. The number of anilines is 1. The number of nitrogens with zero attached hydrogens (tertiary/aromatic N) is 1. The summed E-state index contributed by atoms with van der Waals surface area (Å²) in [7, 11) is 4.22. The lowest BCUT2D eigenvalue weighted by Gasteiger charge is -2.23. The van der Waals surface area contributed by atoms with E-state index in [0.29, 0.717) is 11.3 Å². The number of ether oxygens (including phenoxy) is 3. The standard InChI is InChI=1S/C24H23F4N3O4/c1-33-18-11-16(12-19(34-2)22(18)35-3)30-23(32)31-20(15-8-6-14(13-25)7-9-15)21-17(24(26,27)28)5-4-10-29-21/h4-12,20H,13H2,1-3H3,(H2,30,31,32)/t20-/m0/s1. The minimum Gasteiger partial charge on any atom is -0.493 e. The van der Waals surface area contributed by atoms with Gasteiger partial charge in [0, 0.05) is 18.3 Å². The highest BCUT2D eigenvalue weighted by atomic mass is 19.4. The van der Waals surface area contributed by atoms with Crippen LogP contribution in [0.5, 0.6) is 17.2 Å². The van der Waals surface area contributed by atoms with Gasteiger partial charge in [0.05, 0.1) is 44.3 Å². The van der Waals surface area contributed by atoms with Crippen molar-refractivity contribution in [2.24, 2.45) is 0 Å². The first-order chi connectivity index (χ1) is 16.7. The lowest BCUT2D eigenvalue weighted by molar-refractivity contribution is -0.138. The van der Waals surface area contributed by atoms with Gasteiger partial charge in [-0.15, -0.1) is 0 Å². The first-order valence-corrected chi connectivity index (χ1v) is 10.3. The van der Waals surface area contributed by atoms with Gasteiger partial charge in [0.1, 0.15) is 6.67 Å². The van der Waals surface area contributed by atoms with Crippen molar-refractivity contribution >= 4 is 11.7 Å². The Hall–Kier alpha value is -4.02. The third kappa shape index (κ3) is 5.92. The predicted molar refractivity (Wildman–Crippen MR) is 121 cm³/mol. The lowest BCUT2D eigenvalue weighted by atomic mass is 9.98. The molecular formula is C24H23F4N3O4. The van der Waals surface area contributed by atoms with Crippen LogP contribution >= 0.6 is 0 Å². The first kappa shape index (κ1) is 25.6. The number of rotatable bonds is 8. The number of benzene rings is 2. The smallest absolute Gasteiger partial charge is 0.418 e. The first-order valence-electron chi connectivity index (χ1n) is 10.3. The molecule has 3 rings (SSSR count). The van der Waals surface area contributed by atoms with Crippen LogP contribution in [-0.2, 0) is 12.9 Å². The van der Waals surface area contributed by atoms with E-state index in [-0.39, 0.29) is 22.7 Å². The molecule has 0 aliphatic heterocycles. The van der Waals surface area contributed by atoms with E-state index in [2.05, 4.69) is 15.6 Å².